The molecule has 0 radical (unpaired) electrons. The summed E-state index contributed by atoms with van der Waals surface area (Å²) in [5.41, 5.74) is 7.61. The monoisotopic (exact) mass is 580 g/mol. The summed E-state index contributed by atoms with van der Waals surface area (Å²) < 4.78 is 10.3. The molecule has 10 nitrogen and oxygen atoms in total. The molecule has 2 atom stereocenters. The number of nitrogens with one attached hydrogen (secondary N) is 3. The van der Waals surface area contributed by atoms with E-state index in [9.17, 15) is 19.2 Å². The molecular formula is C30H33ClN4O6. The van der Waals surface area contributed by atoms with Crippen molar-refractivity contribution in [3.63, 3.8) is 0 Å². The minimum absolute atomic E-state index is 0.0218. The number of H-pyrrole nitrogens is 1. The number of aromatic nitrogens is 1. The van der Waals surface area contributed by atoms with E-state index in [1.807, 2.05) is 30.3 Å². The first kappa shape index (κ1) is 31.0. The van der Waals surface area contributed by atoms with E-state index in [1.165, 1.54) is 19.3 Å². The number of hydrogen-bond acceptors (Lipinski definition) is 6. The zero-order valence-electron chi connectivity index (χ0n) is 22.8. The molecule has 0 spiro atoms. The predicted molar refractivity (Wildman–Crippen MR) is 155 cm³/mol. The van der Waals surface area contributed by atoms with Crippen molar-refractivity contribution in [3.8, 4) is 17.0 Å². The number of halogens is 1. The Morgan fingerprint density at radius 1 is 1.05 bits per heavy atom. The highest BCUT2D eigenvalue weighted by Crippen LogP contribution is 2.32. The van der Waals surface area contributed by atoms with Crippen LogP contribution in [0.5, 0.6) is 5.75 Å². The van der Waals surface area contributed by atoms with Gasteiger partial charge >= 0.3 is 5.97 Å². The van der Waals surface area contributed by atoms with Gasteiger partial charge in [-0.2, -0.15) is 0 Å². The van der Waals surface area contributed by atoms with E-state index in [1.54, 1.807) is 37.3 Å². The number of nitrogens with two attached hydrogens (primary N) is 1. The Balaban J connectivity index is 1.82. The highest BCUT2D eigenvalue weighted by Gasteiger charge is 2.25. The summed E-state index contributed by atoms with van der Waals surface area (Å²) in [6.45, 7) is 1.87. The molecule has 5 N–H and O–H groups in total. The van der Waals surface area contributed by atoms with Crippen molar-refractivity contribution in [2.75, 3.05) is 13.7 Å². The first-order chi connectivity index (χ1) is 19.7. The SMILES string of the molecule is CCOC(=O)/C=C/C(CCC(N)=O)NC(=O)C(Cc1ccccc1)NC(=O)c1ccc(-c2cc(Cl)ccc2OC)[nH]1. The summed E-state index contributed by atoms with van der Waals surface area (Å²) in [7, 11) is 1.54. The van der Waals surface area contributed by atoms with E-state index in [0.29, 0.717) is 22.0 Å². The molecule has 3 aromatic rings. The normalized spacial score (nSPS) is 12.4. The Bertz CT molecular complexity index is 1390. The van der Waals surface area contributed by atoms with Crippen molar-refractivity contribution in [1.82, 2.24) is 15.6 Å². The molecule has 1 aromatic heterocycles. The summed E-state index contributed by atoms with van der Waals surface area (Å²) in [6.07, 6.45) is 2.95. The van der Waals surface area contributed by atoms with Gasteiger partial charge in [0.1, 0.15) is 17.5 Å². The van der Waals surface area contributed by atoms with E-state index < -0.39 is 35.8 Å². The maximum absolute atomic E-state index is 13.5. The second kappa shape index (κ2) is 15.3. The molecule has 1 heterocycles. The first-order valence-electron chi connectivity index (χ1n) is 13.0. The second-order valence-corrected chi connectivity index (χ2v) is 9.51. The lowest BCUT2D eigenvalue weighted by Crippen LogP contribution is -2.50. The number of benzene rings is 2. The van der Waals surface area contributed by atoms with Crippen LogP contribution in [0.1, 0.15) is 35.8 Å². The number of ether oxygens (including phenoxy) is 2. The van der Waals surface area contributed by atoms with Crippen LogP contribution in [0.4, 0.5) is 0 Å². The zero-order chi connectivity index (χ0) is 29.8. The third kappa shape index (κ3) is 9.54. The number of methoxy groups -OCH3 is 1. The molecule has 3 amide bonds. The van der Waals surface area contributed by atoms with Gasteiger partial charge < -0.3 is 30.8 Å². The van der Waals surface area contributed by atoms with Crippen LogP contribution in [0.3, 0.4) is 0 Å². The Labute approximate surface area is 243 Å². The average Bonchev–Trinajstić information content (AvgIpc) is 3.45. The fourth-order valence-electron chi connectivity index (χ4n) is 4.05. The van der Waals surface area contributed by atoms with Crippen LogP contribution >= 0.6 is 11.6 Å². The fraction of sp³-hybridized carbons (Fsp3) is 0.267. The van der Waals surface area contributed by atoms with Gasteiger partial charge in [0.15, 0.2) is 0 Å². The lowest BCUT2D eigenvalue weighted by molar-refractivity contribution is -0.137. The Kier molecular flexibility index (Phi) is 11.5. The van der Waals surface area contributed by atoms with Crippen molar-refractivity contribution < 1.29 is 28.7 Å². The molecule has 0 aliphatic rings. The summed E-state index contributed by atoms with van der Waals surface area (Å²) in [6, 6.07) is 16.0. The van der Waals surface area contributed by atoms with E-state index >= 15 is 0 Å². The van der Waals surface area contributed by atoms with Crippen molar-refractivity contribution in [3.05, 3.63) is 89.1 Å². The molecular weight excluding hydrogens is 548 g/mol. The van der Waals surface area contributed by atoms with E-state index in [-0.39, 0.29) is 31.6 Å². The van der Waals surface area contributed by atoms with Crippen LogP contribution in [0.2, 0.25) is 5.02 Å². The number of carbonyl (C=O) groups excluding carboxylic acids is 4. The lowest BCUT2D eigenvalue weighted by Gasteiger charge is -2.22. The summed E-state index contributed by atoms with van der Waals surface area (Å²) in [4.78, 5) is 53.0. The van der Waals surface area contributed by atoms with Crippen molar-refractivity contribution in [2.24, 2.45) is 5.73 Å². The smallest absolute Gasteiger partial charge is 0.330 e. The van der Waals surface area contributed by atoms with Crippen molar-refractivity contribution in [1.29, 1.82) is 0 Å². The first-order valence-corrected chi connectivity index (χ1v) is 13.4. The van der Waals surface area contributed by atoms with Gasteiger partial charge in [0.2, 0.25) is 11.8 Å². The van der Waals surface area contributed by atoms with Crippen molar-refractivity contribution in [2.45, 2.75) is 38.3 Å². The van der Waals surface area contributed by atoms with E-state index in [4.69, 9.17) is 26.8 Å². The number of hydrogen-bond donors (Lipinski definition) is 4. The summed E-state index contributed by atoms with van der Waals surface area (Å²) >= 11 is 6.16. The number of amides is 3. The third-order valence-electron chi connectivity index (χ3n) is 6.07. The molecule has 0 saturated carbocycles. The van der Waals surface area contributed by atoms with Crippen LogP contribution in [-0.2, 0) is 25.5 Å². The second-order valence-electron chi connectivity index (χ2n) is 9.08. The maximum atomic E-state index is 13.5. The van der Waals surface area contributed by atoms with Crippen LogP contribution in [0.25, 0.3) is 11.3 Å². The zero-order valence-corrected chi connectivity index (χ0v) is 23.6. The molecule has 2 unspecified atom stereocenters. The Morgan fingerprint density at radius 2 is 1.80 bits per heavy atom. The quantitative estimate of drug-likeness (QED) is 0.169. The Hall–Kier alpha value is -4.57. The van der Waals surface area contributed by atoms with Gasteiger partial charge in [-0.25, -0.2) is 4.79 Å². The standard InChI is InChI=1S/C30H33ClN4O6/c1-3-41-28(37)16-11-21(10-15-27(32)36)33-30(39)25(17-19-7-5-4-6-8-19)35-29(38)24-13-12-23(34-24)22-18-20(31)9-14-26(22)40-2/h4-9,11-14,16,18,21,25,34H,3,10,15,17H2,1-2H3,(H2,32,36)(H,33,39)(H,35,38)/b16-11+. The third-order valence-corrected chi connectivity index (χ3v) is 6.30. The molecule has 41 heavy (non-hydrogen) atoms. The minimum atomic E-state index is -0.982. The largest absolute Gasteiger partial charge is 0.496 e. The van der Waals surface area contributed by atoms with Gasteiger partial charge in [0.05, 0.1) is 13.7 Å². The van der Waals surface area contributed by atoms with E-state index in [2.05, 4.69) is 15.6 Å². The molecule has 0 saturated heterocycles. The van der Waals surface area contributed by atoms with Gasteiger partial charge in [-0.15, -0.1) is 0 Å². The number of carbonyl (C=O) groups is 4. The topological polar surface area (TPSA) is 153 Å². The summed E-state index contributed by atoms with van der Waals surface area (Å²) in [5, 5.41) is 6.10. The number of primary amides is 1. The number of esters is 1. The Morgan fingerprint density at radius 3 is 2.49 bits per heavy atom. The number of rotatable bonds is 14. The minimum Gasteiger partial charge on any atom is -0.496 e. The molecule has 11 heteroatoms. The van der Waals surface area contributed by atoms with Gasteiger partial charge in [-0.05, 0) is 49.2 Å². The average molecular weight is 581 g/mol. The maximum Gasteiger partial charge on any atom is 0.330 e. The summed E-state index contributed by atoms with van der Waals surface area (Å²) in [5.74, 6) is -1.58. The van der Waals surface area contributed by atoms with Gasteiger partial charge in [0.25, 0.3) is 5.91 Å². The van der Waals surface area contributed by atoms with Crippen LogP contribution in [0, 0.1) is 0 Å². The van der Waals surface area contributed by atoms with Gasteiger partial charge in [-0.1, -0.05) is 48.0 Å². The predicted octanol–water partition coefficient (Wildman–Crippen LogP) is 3.55. The number of aromatic amines is 1. The lowest BCUT2D eigenvalue weighted by atomic mass is 10.0. The molecule has 2 aromatic carbocycles. The fourth-order valence-corrected chi connectivity index (χ4v) is 4.23. The van der Waals surface area contributed by atoms with Gasteiger partial charge in [-0.3, -0.25) is 14.4 Å². The highest BCUT2D eigenvalue weighted by molar-refractivity contribution is 6.31. The molecule has 0 aliphatic carbocycles. The van der Waals surface area contributed by atoms with Crippen LogP contribution in [0.15, 0.2) is 72.8 Å². The molecule has 0 aliphatic heterocycles. The molecule has 0 fully saturated rings. The molecule has 216 valence electrons. The highest BCUT2D eigenvalue weighted by atomic mass is 35.5. The van der Waals surface area contributed by atoms with Crippen molar-refractivity contribution >= 4 is 35.3 Å². The van der Waals surface area contributed by atoms with Crippen LogP contribution in [-0.4, -0.2) is 54.5 Å². The molecule has 3 rings (SSSR count). The van der Waals surface area contributed by atoms with Crippen LogP contribution < -0.4 is 21.1 Å². The van der Waals surface area contributed by atoms with E-state index in [0.717, 1.165) is 5.56 Å². The molecule has 0 bridgehead atoms. The van der Waals surface area contributed by atoms with Gasteiger partial charge in [0, 0.05) is 41.2 Å².